The van der Waals surface area contributed by atoms with E-state index in [2.05, 4.69) is 198 Å². The second kappa shape index (κ2) is 59.7. The van der Waals surface area contributed by atoms with E-state index in [0.717, 1.165) is 169 Å². The van der Waals surface area contributed by atoms with E-state index in [0.29, 0.717) is 71.6 Å². The van der Waals surface area contributed by atoms with Crippen LogP contribution >= 0.6 is 123 Å². The van der Waals surface area contributed by atoms with Crippen LogP contribution in [0.15, 0.2) is 31.8 Å². The van der Waals surface area contributed by atoms with E-state index in [1.54, 1.807) is 46.1 Å². The second-order valence-corrected chi connectivity index (χ2v) is 88.0. The fourth-order valence-corrected chi connectivity index (χ4v) is 44.8. The van der Waals surface area contributed by atoms with E-state index >= 15 is 14.4 Å². The Bertz CT molecular complexity index is 5770. The average molecular weight is 2510 g/mol. The van der Waals surface area contributed by atoms with Crippen molar-refractivity contribution in [3.8, 4) is 29.3 Å². The van der Waals surface area contributed by atoms with Crippen LogP contribution in [-0.4, -0.2) is 128 Å². The first-order chi connectivity index (χ1) is 71.2. The molecular formula is C124H180Br2N4O8S8Sn2. The molecule has 0 aliphatic carbocycles. The van der Waals surface area contributed by atoms with Gasteiger partial charge in [0, 0.05) is 48.2 Å². The van der Waals surface area contributed by atoms with Gasteiger partial charge in [0.1, 0.15) is 0 Å². The van der Waals surface area contributed by atoms with Crippen LogP contribution < -0.4 is 5.79 Å². The number of fused-ring (bicyclic) bond motifs is 8. The molecule has 8 amide bonds. The molecule has 8 aromatic heterocycles. The molecule has 0 bridgehead atoms. The van der Waals surface area contributed by atoms with Crippen LogP contribution in [0.5, 0.6) is 0 Å². The molecule has 2 aromatic carbocycles. The van der Waals surface area contributed by atoms with Gasteiger partial charge in [-0.05, 0) is 145 Å². The first kappa shape index (κ1) is 123. The summed E-state index contributed by atoms with van der Waals surface area (Å²) < 4.78 is 10.3. The van der Waals surface area contributed by atoms with Gasteiger partial charge in [-0.3, -0.25) is 58.0 Å². The van der Waals surface area contributed by atoms with Crippen molar-refractivity contribution in [2.75, 3.05) is 0 Å². The molecular weight excluding hydrogens is 2330 g/mol. The third kappa shape index (κ3) is 29.8. The Labute approximate surface area is 948 Å². The molecule has 12 nitrogen and oxygen atoms in total. The Hall–Kier alpha value is -3.80. The molecule has 0 fully saturated rings. The molecule has 12 heterocycles. The number of carbonyl (C=O) groups excluding carboxylic acids is 8. The predicted molar refractivity (Wildman–Crippen MR) is 660 cm³/mol. The van der Waals surface area contributed by atoms with E-state index in [4.69, 9.17) is 0 Å². The number of hydrogen-bond donors (Lipinski definition) is 0. The van der Waals surface area contributed by atoms with Crippen LogP contribution in [0.3, 0.4) is 0 Å². The SMILES string of the molecule is CCCCCCCCC(CCCCCCCC)N1C(=O)c2c(Br)sc(-c3sc(Br)c4c3C(=O)N(C(CCCCCCCC)CCCCCCCC)C4=O)c2C1=O.CCCCCCCCC(CCCCCCCC)N1C(=O)c2c(C)sc(-c3sc(-c4cc5c(C)c6sc(C)cc6c(C)c5s4)c4c3C(=O)N(C(CCCCCCCC)CCCCCCCC)C4=O)c2C1=O.Cc1c2c[c]([Sn]([CH3])([CH3])[CH3])sc2c(C)c2c[c]([Sn]([CH3])([CH3])[CH3])sc12. The number of imide groups is 4. The van der Waals surface area contributed by atoms with Crippen LogP contribution in [0.4, 0.5) is 0 Å². The number of aryl methyl sites for hydroxylation is 6. The third-order valence-electron chi connectivity index (χ3n) is 31.9. The summed E-state index contributed by atoms with van der Waals surface area (Å²) in [7, 11) is 0. The predicted octanol–water partition coefficient (Wildman–Crippen LogP) is 41.5. The number of rotatable bonds is 65. The van der Waals surface area contributed by atoms with Crippen molar-refractivity contribution in [3.63, 3.8) is 0 Å². The fraction of sp³-hybridized carbons (Fsp3) is 0.645. The molecule has 14 rings (SSSR count). The quantitative estimate of drug-likeness (QED) is 0.0208. The molecule has 4 aliphatic heterocycles. The van der Waals surface area contributed by atoms with Crippen molar-refractivity contribution >= 4 is 253 Å². The number of carbonyl (C=O) groups is 8. The monoisotopic (exact) mass is 2510 g/mol. The Kier molecular flexibility index (Phi) is 49.5. The summed E-state index contributed by atoms with van der Waals surface area (Å²) in [4.78, 5) is 147. The summed E-state index contributed by atoms with van der Waals surface area (Å²) >= 11 is 16.8. The molecule has 24 heteroatoms. The normalized spacial score (nSPS) is 13.9. The molecule has 0 N–H and O–H groups in total. The minimum absolute atomic E-state index is 0.145. The Balaban J connectivity index is 0.000000221. The summed E-state index contributed by atoms with van der Waals surface area (Å²) in [6.07, 6.45) is 62.2. The van der Waals surface area contributed by atoms with E-state index in [1.165, 1.54) is 309 Å². The summed E-state index contributed by atoms with van der Waals surface area (Å²) in [6.45, 7) is 31.1. The third-order valence-corrected chi connectivity index (χ3v) is 62.2. The topological polar surface area (TPSA) is 150 Å². The molecule has 0 spiro atoms. The summed E-state index contributed by atoms with van der Waals surface area (Å²) in [5.41, 5.74) is 9.09. The van der Waals surface area contributed by atoms with E-state index in [1.807, 2.05) is 18.3 Å². The summed E-state index contributed by atoms with van der Waals surface area (Å²) in [6, 6.07) is 9.00. The molecule has 4 aliphatic rings. The summed E-state index contributed by atoms with van der Waals surface area (Å²) in [5, 5.41) is 5.55. The van der Waals surface area contributed by atoms with Crippen LogP contribution in [-0.2, 0) is 0 Å². The van der Waals surface area contributed by atoms with Crippen LogP contribution in [0.2, 0.25) is 29.6 Å². The van der Waals surface area contributed by atoms with Gasteiger partial charge in [0.2, 0.25) is 0 Å². The Morgan fingerprint density at radius 1 is 0.230 bits per heavy atom. The minimum atomic E-state index is -1.98. The van der Waals surface area contributed by atoms with Crippen LogP contribution in [0, 0.1) is 41.5 Å². The maximum absolute atomic E-state index is 15.5. The van der Waals surface area contributed by atoms with Gasteiger partial charge in [0.25, 0.3) is 47.3 Å². The number of nitrogens with zero attached hydrogens (tertiary/aromatic N) is 4. The molecule has 814 valence electrons. The molecule has 0 saturated carbocycles. The van der Waals surface area contributed by atoms with Gasteiger partial charge >= 0.3 is 152 Å². The molecule has 0 unspecified atom stereocenters. The molecule has 10 aromatic rings. The average Bonchev–Trinajstić information content (AvgIpc) is 1.54. The van der Waals surface area contributed by atoms with Gasteiger partial charge in [-0.2, -0.15) is 0 Å². The van der Waals surface area contributed by atoms with Crippen molar-refractivity contribution in [2.45, 2.75) is 510 Å². The van der Waals surface area contributed by atoms with E-state index in [9.17, 15) is 24.0 Å². The van der Waals surface area contributed by atoms with Crippen molar-refractivity contribution < 1.29 is 38.4 Å². The number of hydrogen-bond acceptors (Lipinski definition) is 16. The maximum atomic E-state index is 15.5. The number of thiophene rings is 8. The number of unbranched alkanes of at least 4 members (excludes halogenated alkanes) is 40. The number of benzene rings is 2. The number of halogens is 2. The molecule has 0 radical (unpaired) electrons. The van der Waals surface area contributed by atoms with Crippen LogP contribution in [0.25, 0.3) is 69.6 Å². The summed E-state index contributed by atoms with van der Waals surface area (Å²) in [5.74, 6) is -1.75. The van der Waals surface area contributed by atoms with Gasteiger partial charge in [-0.25, -0.2) is 0 Å². The Morgan fingerprint density at radius 2 is 0.439 bits per heavy atom. The van der Waals surface area contributed by atoms with Gasteiger partial charge in [-0.1, -0.05) is 364 Å². The molecule has 0 atom stereocenters. The first-order valence-electron chi connectivity index (χ1n) is 58.6. The Morgan fingerprint density at radius 3 is 0.723 bits per heavy atom. The van der Waals surface area contributed by atoms with Crippen molar-refractivity contribution in [1.82, 2.24) is 19.6 Å². The zero-order valence-corrected chi connectivity index (χ0v) is 110. The van der Waals surface area contributed by atoms with Gasteiger partial charge in [0.15, 0.2) is 0 Å². The van der Waals surface area contributed by atoms with Gasteiger partial charge in [-0.15, -0.1) is 68.0 Å². The van der Waals surface area contributed by atoms with Gasteiger partial charge in [0.05, 0.1) is 76.5 Å². The van der Waals surface area contributed by atoms with Crippen molar-refractivity contribution in [3.05, 3.63) is 108 Å². The van der Waals surface area contributed by atoms with Gasteiger partial charge < -0.3 is 0 Å². The van der Waals surface area contributed by atoms with Crippen LogP contribution in [0.1, 0.15) is 530 Å². The second-order valence-electron chi connectivity index (χ2n) is 45.8. The zero-order valence-electron chi connectivity index (χ0n) is 94.3. The zero-order chi connectivity index (χ0) is 107. The standard InChI is InChI=1S/C60H84N2O4S4.C46H70Br2N2O4S2.C12H8S2.6CH3.2Sn/c1-9-13-17-21-25-29-33-43(34-30-26-22-18-14-10-2)61-57(63)48-42(8)68-55(49(48)58(61)64)56-51-50(54(70-56)47-38-46-41(7)52-45(37-39(5)67-52)40(6)53(46)69-47)59(65)62(60(51)66)44(35-31-27-23-19-15-11-3)36-32-28-24-20-16-12-4;1-5-9-13-17-21-25-29-33(30-26-22-18-14-10-6-2)49-43(51)35-37(45(49)53)41(47)55-39(35)40-36-38(42(48)56-40)46(54)50(44(36)52)34(31-27-23-19-15-11-7-3)32-28-24-20-16-12-8-4;1-7-9-3-5-14-12(9)8(2)10-4-6-13-11(7)10;;;;;;;;/h37-38,43-44H,9-36H2,1-8H3;33-34H,5-32H2,1-4H3;3-4H,1-2H3;6*1H3;;. The number of amides is 8. The van der Waals surface area contributed by atoms with Crippen molar-refractivity contribution in [1.29, 1.82) is 0 Å². The first-order valence-corrected chi connectivity index (χ1v) is 86.7. The fourth-order valence-electron chi connectivity index (χ4n) is 23.1. The molecule has 0 saturated heterocycles. The van der Waals surface area contributed by atoms with Crippen molar-refractivity contribution in [2.24, 2.45) is 0 Å². The van der Waals surface area contributed by atoms with E-state index in [-0.39, 0.29) is 71.4 Å². The molecule has 148 heavy (non-hydrogen) atoms. The van der Waals surface area contributed by atoms with E-state index < -0.39 is 36.8 Å².